The zero-order valence-electron chi connectivity index (χ0n) is 9.17. The second kappa shape index (κ2) is 4.52. The van der Waals surface area contributed by atoms with Crippen LogP contribution in [0.25, 0.3) is 0 Å². The number of hydrogen-bond acceptors (Lipinski definition) is 2. The molecule has 0 atom stereocenters. The Kier molecular flexibility index (Phi) is 3.09. The fourth-order valence-electron chi connectivity index (χ4n) is 2.24. The van der Waals surface area contributed by atoms with Gasteiger partial charge in [-0.1, -0.05) is 31.4 Å². The summed E-state index contributed by atoms with van der Waals surface area (Å²) in [6.07, 6.45) is 4.85. The molecule has 1 saturated carbocycles. The first kappa shape index (κ1) is 10.9. The largest absolute Gasteiger partial charge is 0.365 e. The number of anilines is 1. The number of benzene rings is 1. The monoisotopic (exact) mass is 218 g/mol. The van der Waals surface area contributed by atoms with E-state index in [1.165, 1.54) is 12.5 Å². The molecule has 1 aromatic rings. The second-order valence-corrected chi connectivity index (χ2v) is 4.36. The van der Waals surface area contributed by atoms with Gasteiger partial charge in [0.15, 0.2) is 0 Å². The van der Waals surface area contributed by atoms with Crippen LogP contribution in [0.2, 0.25) is 0 Å². The summed E-state index contributed by atoms with van der Waals surface area (Å²) in [7, 11) is 0. The van der Waals surface area contributed by atoms with Crippen LogP contribution in [0.3, 0.4) is 0 Å². The standard InChI is InChI=1S/C13H15FN2/c14-11-6-2-3-7-12(11)16-13(10-15)8-4-1-5-9-13/h2-3,6-7,16H,1,4-5,8-9H2. The van der Waals surface area contributed by atoms with Crippen molar-refractivity contribution in [2.45, 2.75) is 37.6 Å². The molecular weight excluding hydrogens is 203 g/mol. The highest BCUT2D eigenvalue weighted by Crippen LogP contribution is 2.31. The molecule has 0 bridgehead atoms. The first-order chi connectivity index (χ1) is 7.76. The van der Waals surface area contributed by atoms with Gasteiger partial charge in [0.2, 0.25) is 0 Å². The lowest BCUT2D eigenvalue weighted by molar-refractivity contribution is 0.391. The number of halogens is 1. The SMILES string of the molecule is N#CC1(Nc2ccccc2F)CCCCC1. The average molecular weight is 218 g/mol. The van der Waals surface area contributed by atoms with E-state index in [9.17, 15) is 9.65 Å². The van der Waals surface area contributed by atoms with Crippen molar-refractivity contribution in [2.75, 3.05) is 5.32 Å². The third-order valence-corrected chi connectivity index (χ3v) is 3.17. The topological polar surface area (TPSA) is 35.8 Å². The number of rotatable bonds is 2. The number of nitrogens with one attached hydrogen (secondary N) is 1. The van der Waals surface area contributed by atoms with E-state index >= 15 is 0 Å². The van der Waals surface area contributed by atoms with Crippen LogP contribution in [0.5, 0.6) is 0 Å². The van der Waals surface area contributed by atoms with Crippen LogP contribution in [0.4, 0.5) is 10.1 Å². The highest BCUT2D eigenvalue weighted by atomic mass is 19.1. The Morgan fingerprint density at radius 1 is 1.19 bits per heavy atom. The van der Waals surface area contributed by atoms with Gasteiger partial charge in [-0.25, -0.2) is 4.39 Å². The van der Waals surface area contributed by atoms with Crippen LogP contribution in [0, 0.1) is 17.1 Å². The lowest BCUT2D eigenvalue weighted by Gasteiger charge is -2.32. The molecule has 0 saturated heterocycles. The molecule has 1 fully saturated rings. The summed E-state index contributed by atoms with van der Waals surface area (Å²) in [6.45, 7) is 0. The third-order valence-electron chi connectivity index (χ3n) is 3.17. The smallest absolute Gasteiger partial charge is 0.146 e. The Balaban J connectivity index is 2.19. The molecule has 0 unspecified atom stereocenters. The van der Waals surface area contributed by atoms with Crippen molar-refractivity contribution in [3.8, 4) is 6.07 Å². The van der Waals surface area contributed by atoms with E-state index in [1.807, 2.05) is 0 Å². The molecule has 0 aliphatic heterocycles. The number of nitriles is 1. The zero-order valence-corrected chi connectivity index (χ0v) is 9.17. The van der Waals surface area contributed by atoms with Gasteiger partial charge in [-0.2, -0.15) is 5.26 Å². The predicted octanol–water partition coefficient (Wildman–Crippen LogP) is 3.46. The average Bonchev–Trinajstić information content (AvgIpc) is 2.33. The fourth-order valence-corrected chi connectivity index (χ4v) is 2.24. The molecule has 0 radical (unpaired) electrons. The molecule has 84 valence electrons. The van der Waals surface area contributed by atoms with E-state index in [2.05, 4.69) is 11.4 Å². The van der Waals surface area contributed by atoms with Crippen LogP contribution >= 0.6 is 0 Å². The normalized spacial score (nSPS) is 18.8. The summed E-state index contributed by atoms with van der Waals surface area (Å²) in [5, 5.41) is 12.3. The third kappa shape index (κ3) is 2.16. The molecule has 1 N–H and O–H groups in total. The lowest BCUT2D eigenvalue weighted by Crippen LogP contribution is -2.38. The Bertz CT molecular complexity index is 403. The molecule has 0 spiro atoms. The van der Waals surface area contributed by atoms with Gasteiger partial charge in [-0.05, 0) is 25.0 Å². The van der Waals surface area contributed by atoms with Crippen LogP contribution in [-0.2, 0) is 0 Å². The maximum Gasteiger partial charge on any atom is 0.146 e. The second-order valence-electron chi connectivity index (χ2n) is 4.36. The van der Waals surface area contributed by atoms with Crippen molar-refractivity contribution >= 4 is 5.69 Å². The maximum absolute atomic E-state index is 13.5. The molecule has 0 heterocycles. The van der Waals surface area contributed by atoms with Crippen molar-refractivity contribution in [1.82, 2.24) is 0 Å². The van der Waals surface area contributed by atoms with E-state index in [4.69, 9.17) is 0 Å². The van der Waals surface area contributed by atoms with E-state index in [1.54, 1.807) is 18.2 Å². The van der Waals surface area contributed by atoms with Crippen LogP contribution in [0.1, 0.15) is 32.1 Å². The van der Waals surface area contributed by atoms with Crippen molar-refractivity contribution in [3.63, 3.8) is 0 Å². The molecular formula is C13H15FN2. The molecule has 1 aromatic carbocycles. The van der Waals surface area contributed by atoms with Gasteiger partial charge < -0.3 is 5.32 Å². The number of nitrogens with zero attached hydrogens (tertiary/aromatic N) is 1. The van der Waals surface area contributed by atoms with Crippen molar-refractivity contribution in [3.05, 3.63) is 30.1 Å². The van der Waals surface area contributed by atoms with Gasteiger partial charge in [-0.15, -0.1) is 0 Å². The highest BCUT2D eigenvalue weighted by molar-refractivity contribution is 5.49. The minimum absolute atomic E-state index is 0.289. The minimum atomic E-state index is -0.569. The molecule has 1 aliphatic carbocycles. The summed E-state index contributed by atoms with van der Waals surface area (Å²) in [4.78, 5) is 0. The Labute approximate surface area is 95.1 Å². The van der Waals surface area contributed by atoms with Gasteiger partial charge in [0, 0.05) is 0 Å². The van der Waals surface area contributed by atoms with Gasteiger partial charge in [0.1, 0.15) is 11.4 Å². The van der Waals surface area contributed by atoms with Crippen LogP contribution < -0.4 is 5.32 Å². The molecule has 1 aliphatic rings. The molecule has 16 heavy (non-hydrogen) atoms. The van der Waals surface area contributed by atoms with E-state index < -0.39 is 5.54 Å². The van der Waals surface area contributed by atoms with Crippen LogP contribution in [-0.4, -0.2) is 5.54 Å². The number of hydrogen-bond donors (Lipinski definition) is 1. The highest BCUT2D eigenvalue weighted by Gasteiger charge is 2.32. The summed E-state index contributed by atoms with van der Waals surface area (Å²) in [6, 6.07) is 8.84. The molecule has 2 rings (SSSR count). The van der Waals surface area contributed by atoms with Gasteiger partial charge >= 0.3 is 0 Å². The molecule has 2 nitrogen and oxygen atoms in total. The predicted molar refractivity (Wildman–Crippen MR) is 61.5 cm³/mol. The van der Waals surface area contributed by atoms with Gasteiger partial charge in [0.05, 0.1) is 11.8 Å². The summed E-state index contributed by atoms with van der Waals surface area (Å²) in [5.74, 6) is -0.289. The molecule has 3 heteroatoms. The maximum atomic E-state index is 13.5. The van der Waals surface area contributed by atoms with Gasteiger partial charge in [-0.3, -0.25) is 0 Å². The van der Waals surface area contributed by atoms with Crippen LogP contribution in [0.15, 0.2) is 24.3 Å². The summed E-state index contributed by atoms with van der Waals surface area (Å²) in [5.41, 5.74) is -0.133. The summed E-state index contributed by atoms with van der Waals surface area (Å²) >= 11 is 0. The van der Waals surface area contributed by atoms with E-state index in [0.29, 0.717) is 5.69 Å². The van der Waals surface area contributed by atoms with E-state index in [-0.39, 0.29) is 5.82 Å². The summed E-state index contributed by atoms with van der Waals surface area (Å²) < 4.78 is 13.5. The Hall–Kier alpha value is -1.56. The minimum Gasteiger partial charge on any atom is -0.365 e. The van der Waals surface area contributed by atoms with Gasteiger partial charge in [0.25, 0.3) is 0 Å². The Morgan fingerprint density at radius 2 is 1.88 bits per heavy atom. The Morgan fingerprint density at radius 3 is 2.50 bits per heavy atom. The fraction of sp³-hybridized carbons (Fsp3) is 0.462. The van der Waals surface area contributed by atoms with E-state index in [0.717, 1.165) is 25.7 Å². The van der Waals surface area contributed by atoms with Crippen molar-refractivity contribution in [1.29, 1.82) is 5.26 Å². The first-order valence-electron chi connectivity index (χ1n) is 5.70. The molecule has 0 amide bonds. The van der Waals surface area contributed by atoms with Crippen molar-refractivity contribution in [2.24, 2.45) is 0 Å². The molecule has 0 aromatic heterocycles. The first-order valence-corrected chi connectivity index (χ1v) is 5.70. The zero-order chi connectivity index (χ0) is 11.4. The quantitative estimate of drug-likeness (QED) is 0.825. The lowest BCUT2D eigenvalue weighted by atomic mass is 9.82. The van der Waals surface area contributed by atoms with Crippen molar-refractivity contribution < 1.29 is 4.39 Å². The number of para-hydroxylation sites is 1.